The zero-order valence-corrected chi connectivity index (χ0v) is 13.2. The van der Waals surface area contributed by atoms with Crippen LogP contribution in [0.5, 0.6) is 5.75 Å². The van der Waals surface area contributed by atoms with Crippen LogP contribution in [-0.2, 0) is 0 Å². The number of ether oxygens (including phenoxy) is 1. The molecule has 0 amide bonds. The van der Waals surface area contributed by atoms with E-state index in [-0.39, 0.29) is 0 Å². The van der Waals surface area contributed by atoms with Crippen LogP contribution in [0.15, 0.2) is 54.6 Å². The third kappa shape index (κ3) is 3.85. The van der Waals surface area contributed by atoms with E-state index in [1.54, 1.807) is 7.11 Å². The van der Waals surface area contributed by atoms with E-state index in [1.807, 2.05) is 6.07 Å². The molecular formula is C19H25NO. The second kappa shape index (κ2) is 7.84. The Morgan fingerprint density at radius 2 is 1.67 bits per heavy atom. The topological polar surface area (TPSA) is 21.3 Å². The van der Waals surface area contributed by atoms with Gasteiger partial charge in [-0.25, -0.2) is 0 Å². The van der Waals surface area contributed by atoms with Crippen molar-refractivity contribution in [3.05, 3.63) is 65.7 Å². The van der Waals surface area contributed by atoms with Crippen molar-refractivity contribution in [2.45, 2.75) is 32.2 Å². The van der Waals surface area contributed by atoms with Crippen molar-refractivity contribution in [3.8, 4) is 5.75 Å². The van der Waals surface area contributed by atoms with Gasteiger partial charge in [0.2, 0.25) is 0 Å². The van der Waals surface area contributed by atoms with Crippen LogP contribution in [0.3, 0.4) is 0 Å². The fourth-order valence-corrected chi connectivity index (χ4v) is 2.91. The molecule has 0 bridgehead atoms. The average molecular weight is 283 g/mol. The lowest BCUT2D eigenvalue weighted by molar-refractivity contribution is 0.409. The van der Waals surface area contributed by atoms with Crippen LogP contribution in [0, 0.1) is 0 Å². The first-order valence-corrected chi connectivity index (χ1v) is 7.72. The van der Waals surface area contributed by atoms with Gasteiger partial charge in [0.05, 0.1) is 7.11 Å². The molecule has 2 heteroatoms. The molecule has 0 spiro atoms. The molecule has 2 rings (SSSR count). The highest BCUT2D eigenvalue weighted by atomic mass is 16.5. The smallest absolute Gasteiger partial charge is 0.119 e. The van der Waals surface area contributed by atoms with Crippen LogP contribution in [-0.4, -0.2) is 13.7 Å². The molecule has 0 aliphatic carbocycles. The van der Waals surface area contributed by atoms with E-state index in [1.165, 1.54) is 11.1 Å². The molecule has 0 aliphatic heterocycles. The lowest BCUT2D eigenvalue weighted by atomic mass is 9.85. The fraction of sp³-hybridized carbons (Fsp3) is 0.368. The highest BCUT2D eigenvalue weighted by Gasteiger charge is 2.22. The molecule has 0 aromatic heterocycles. The molecule has 2 aromatic rings. The van der Waals surface area contributed by atoms with Gasteiger partial charge in [0.1, 0.15) is 5.75 Å². The van der Waals surface area contributed by atoms with Gasteiger partial charge in [-0.2, -0.15) is 0 Å². The fourth-order valence-electron chi connectivity index (χ4n) is 2.91. The number of hydrogen-bond acceptors (Lipinski definition) is 2. The number of methoxy groups -OCH3 is 1. The second-order valence-electron chi connectivity index (χ2n) is 5.24. The van der Waals surface area contributed by atoms with E-state index in [2.05, 4.69) is 67.7 Å². The molecule has 0 saturated heterocycles. The Morgan fingerprint density at radius 3 is 2.29 bits per heavy atom. The van der Waals surface area contributed by atoms with Crippen LogP contribution in [0.4, 0.5) is 0 Å². The number of likely N-dealkylation sites (N-methyl/N-ethyl adjacent to an activating group) is 1. The van der Waals surface area contributed by atoms with Gasteiger partial charge in [-0.3, -0.25) is 0 Å². The quantitative estimate of drug-likeness (QED) is 0.805. The van der Waals surface area contributed by atoms with Gasteiger partial charge < -0.3 is 10.1 Å². The predicted molar refractivity (Wildman–Crippen MR) is 88.9 cm³/mol. The first-order valence-electron chi connectivity index (χ1n) is 7.72. The summed E-state index contributed by atoms with van der Waals surface area (Å²) in [6.07, 6.45) is 1.10. The standard InChI is InChI=1S/C19H25NO/c1-4-18(15-10-7-6-8-11-15)19(20-5-2)16-12-9-13-17(14-16)21-3/h6-14,18-20H,4-5H2,1-3H3. The minimum Gasteiger partial charge on any atom is -0.497 e. The summed E-state index contributed by atoms with van der Waals surface area (Å²) >= 11 is 0. The van der Waals surface area contributed by atoms with E-state index in [9.17, 15) is 0 Å². The highest BCUT2D eigenvalue weighted by Crippen LogP contribution is 2.34. The average Bonchev–Trinajstić information content (AvgIpc) is 2.56. The Bertz CT molecular complexity index is 538. The van der Waals surface area contributed by atoms with Crippen LogP contribution in [0.2, 0.25) is 0 Å². The largest absolute Gasteiger partial charge is 0.497 e. The Balaban J connectivity index is 2.36. The molecular weight excluding hydrogens is 258 g/mol. The molecule has 21 heavy (non-hydrogen) atoms. The maximum absolute atomic E-state index is 5.37. The Labute approximate surface area is 128 Å². The predicted octanol–water partition coefficient (Wildman–Crippen LogP) is 4.54. The van der Waals surface area contributed by atoms with Gasteiger partial charge in [-0.05, 0) is 36.2 Å². The van der Waals surface area contributed by atoms with Crippen LogP contribution in [0.1, 0.15) is 43.4 Å². The molecule has 0 fully saturated rings. The SMILES string of the molecule is CCNC(c1cccc(OC)c1)C(CC)c1ccccc1. The van der Waals surface area contributed by atoms with Gasteiger partial charge in [-0.15, -0.1) is 0 Å². The van der Waals surface area contributed by atoms with Crippen molar-refractivity contribution in [1.82, 2.24) is 5.32 Å². The number of hydrogen-bond donors (Lipinski definition) is 1. The van der Waals surface area contributed by atoms with E-state index in [0.29, 0.717) is 12.0 Å². The molecule has 2 aromatic carbocycles. The number of nitrogens with one attached hydrogen (secondary N) is 1. The summed E-state index contributed by atoms with van der Waals surface area (Å²) in [6, 6.07) is 19.4. The van der Waals surface area contributed by atoms with Crippen LogP contribution in [0.25, 0.3) is 0 Å². The molecule has 0 aliphatic rings. The third-order valence-corrected chi connectivity index (χ3v) is 3.95. The molecule has 2 nitrogen and oxygen atoms in total. The second-order valence-corrected chi connectivity index (χ2v) is 5.24. The zero-order chi connectivity index (χ0) is 15.1. The molecule has 2 atom stereocenters. The Kier molecular flexibility index (Phi) is 5.82. The molecule has 112 valence electrons. The summed E-state index contributed by atoms with van der Waals surface area (Å²) < 4.78 is 5.37. The van der Waals surface area contributed by atoms with E-state index >= 15 is 0 Å². The Morgan fingerprint density at radius 1 is 0.952 bits per heavy atom. The monoisotopic (exact) mass is 283 g/mol. The van der Waals surface area contributed by atoms with Gasteiger partial charge in [0, 0.05) is 12.0 Å². The van der Waals surface area contributed by atoms with E-state index < -0.39 is 0 Å². The molecule has 0 radical (unpaired) electrons. The first-order chi connectivity index (χ1) is 10.3. The van der Waals surface area contributed by atoms with Gasteiger partial charge in [0.15, 0.2) is 0 Å². The van der Waals surface area contributed by atoms with Crippen molar-refractivity contribution in [2.24, 2.45) is 0 Å². The highest BCUT2D eigenvalue weighted by molar-refractivity contribution is 5.34. The van der Waals surface area contributed by atoms with Crippen LogP contribution < -0.4 is 10.1 Å². The Hall–Kier alpha value is -1.80. The van der Waals surface area contributed by atoms with Crippen molar-refractivity contribution in [3.63, 3.8) is 0 Å². The molecule has 1 N–H and O–H groups in total. The van der Waals surface area contributed by atoms with Crippen molar-refractivity contribution < 1.29 is 4.74 Å². The molecule has 2 unspecified atom stereocenters. The van der Waals surface area contributed by atoms with Crippen LogP contribution >= 0.6 is 0 Å². The number of rotatable bonds is 7. The van der Waals surface area contributed by atoms with Crippen molar-refractivity contribution in [1.29, 1.82) is 0 Å². The summed E-state index contributed by atoms with van der Waals surface area (Å²) in [5.74, 6) is 1.37. The minimum absolute atomic E-state index is 0.303. The van der Waals surface area contributed by atoms with Gasteiger partial charge in [0.25, 0.3) is 0 Å². The summed E-state index contributed by atoms with van der Waals surface area (Å²) in [5, 5.41) is 3.64. The molecule has 0 heterocycles. The van der Waals surface area contributed by atoms with E-state index in [4.69, 9.17) is 4.74 Å². The number of benzene rings is 2. The normalized spacial score (nSPS) is 13.7. The summed E-state index contributed by atoms with van der Waals surface area (Å²) in [5.41, 5.74) is 2.67. The maximum atomic E-state index is 5.37. The lowest BCUT2D eigenvalue weighted by Crippen LogP contribution is -2.27. The van der Waals surface area contributed by atoms with Crippen molar-refractivity contribution >= 4 is 0 Å². The molecule has 0 saturated carbocycles. The van der Waals surface area contributed by atoms with Gasteiger partial charge >= 0.3 is 0 Å². The summed E-state index contributed by atoms with van der Waals surface area (Å²) in [7, 11) is 1.72. The zero-order valence-electron chi connectivity index (χ0n) is 13.2. The maximum Gasteiger partial charge on any atom is 0.119 e. The van der Waals surface area contributed by atoms with Crippen molar-refractivity contribution in [2.75, 3.05) is 13.7 Å². The lowest BCUT2D eigenvalue weighted by Gasteiger charge is -2.28. The van der Waals surface area contributed by atoms with E-state index in [0.717, 1.165) is 18.7 Å². The summed E-state index contributed by atoms with van der Waals surface area (Å²) in [6.45, 7) is 5.36. The third-order valence-electron chi connectivity index (χ3n) is 3.95. The summed E-state index contributed by atoms with van der Waals surface area (Å²) in [4.78, 5) is 0. The first kappa shape index (κ1) is 15.6. The van der Waals surface area contributed by atoms with Gasteiger partial charge in [-0.1, -0.05) is 56.3 Å². The minimum atomic E-state index is 0.303.